The molecule has 0 radical (unpaired) electrons. The third-order valence-corrected chi connectivity index (χ3v) is 6.11. The molecule has 0 N–H and O–H groups in total. The first-order chi connectivity index (χ1) is 15.2. The zero-order chi connectivity index (χ0) is 21.2. The van der Waals surface area contributed by atoms with E-state index in [0.29, 0.717) is 0 Å². The molecule has 160 valence electrons. The lowest BCUT2D eigenvalue weighted by Gasteiger charge is -2.34. The molecule has 7 nitrogen and oxygen atoms in total. The standard InChI is InChI=1S/C24H29N7/c1-19-16-20(2)31-24(27-19)22(17-26-31)23-25-8-9-30(23)15-14-28-10-12-29(13-11-28)18-21-6-4-3-5-7-21/h3-9,16-17H,10-15,18H2,1-2H3. The molecule has 31 heavy (non-hydrogen) atoms. The zero-order valence-electron chi connectivity index (χ0n) is 18.3. The van der Waals surface area contributed by atoms with Crippen molar-refractivity contribution in [3.05, 3.63) is 71.9 Å². The molecule has 4 heterocycles. The molecular weight excluding hydrogens is 386 g/mol. The number of aryl methyl sites for hydroxylation is 2. The SMILES string of the molecule is Cc1cc(C)n2ncc(-c3nccn3CCN3CCN(Cc4ccccc4)CC3)c2n1. The normalized spacial score (nSPS) is 15.7. The van der Waals surface area contributed by atoms with Gasteiger partial charge in [0, 0.05) is 69.6 Å². The third kappa shape index (κ3) is 4.24. The molecule has 0 bridgehead atoms. The average molecular weight is 416 g/mol. The Kier molecular flexibility index (Phi) is 5.53. The lowest BCUT2D eigenvalue weighted by atomic mass is 10.2. The number of hydrogen-bond acceptors (Lipinski definition) is 5. The molecule has 1 fully saturated rings. The van der Waals surface area contributed by atoms with E-state index in [9.17, 15) is 0 Å². The molecule has 1 saturated heterocycles. The van der Waals surface area contributed by atoms with E-state index in [1.165, 1.54) is 5.56 Å². The zero-order valence-corrected chi connectivity index (χ0v) is 18.3. The van der Waals surface area contributed by atoms with Crippen molar-refractivity contribution in [1.82, 2.24) is 33.9 Å². The quantitative estimate of drug-likeness (QED) is 0.485. The minimum Gasteiger partial charge on any atom is -0.330 e. The first-order valence-electron chi connectivity index (χ1n) is 11.0. The van der Waals surface area contributed by atoms with E-state index < -0.39 is 0 Å². The van der Waals surface area contributed by atoms with E-state index in [4.69, 9.17) is 4.98 Å². The molecule has 1 aromatic carbocycles. The van der Waals surface area contributed by atoms with E-state index in [2.05, 4.69) is 67.9 Å². The largest absolute Gasteiger partial charge is 0.330 e. The van der Waals surface area contributed by atoms with Gasteiger partial charge in [-0.05, 0) is 25.5 Å². The molecule has 5 rings (SSSR count). The lowest BCUT2D eigenvalue weighted by Crippen LogP contribution is -2.46. The molecule has 4 aromatic rings. The monoisotopic (exact) mass is 415 g/mol. The van der Waals surface area contributed by atoms with Crippen LogP contribution in [0.2, 0.25) is 0 Å². The Morgan fingerprint density at radius 3 is 2.52 bits per heavy atom. The topological polar surface area (TPSA) is 54.5 Å². The van der Waals surface area contributed by atoms with E-state index >= 15 is 0 Å². The van der Waals surface area contributed by atoms with Crippen LogP contribution in [0.3, 0.4) is 0 Å². The molecule has 1 aliphatic heterocycles. The molecule has 3 aromatic heterocycles. The maximum absolute atomic E-state index is 4.72. The highest BCUT2D eigenvalue weighted by Crippen LogP contribution is 2.23. The Morgan fingerprint density at radius 2 is 1.71 bits per heavy atom. The average Bonchev–Trinajstić information content (AvgIpc) is 3.40. The van der Waals surface area contributed by atoms with E-state index in [1.54, 1.807) is 0 Å². The van der Waals surface area contributed by atoms with Crippen molar-refractivity contribution >= 4 is 5.65 Å². The van der Waals surface area contributed by atoms with Gasteiger partial charge in [-0.25, -0.2) is 14.5 Å². The molecule has 7 heteroatoms. The van der Waals surface area contributed by atoms with Gasteiger partial charge < -0.3 is 4.57 Å². The van der Waals surface area contributed by atoms with Gasteiger partial charge in [0.2, 0.25) is 0 Å². The van der Waals surface area contributed by atoms with E-state index in [0.717, 1.165) is 74.2 Å². The van der Waals surface area contributed by atoms with Crippen LogP contribution in [0.15, 0.2) is 55.0 Å². The van der Waals surface area contributed by atoms with Gasteiger partial charge in [-0.2, -0.15) is 5.10 Å². The van der Waals surface area contributed by atoms with Gasteiger partial charge in [0.25, 0.3) is 0 Å². The summed E-state index contributed by atoms with van der Waals surface area (Å²) >= 11 is 0. The Morgan fingerprint density at radius 1 is 0.935 bits per heavy atom. The van der Waals surface area contributed by atoms with Gasteiger partial charge in [-0.1, -0.05) is 30.3 Å². The smallest absolute Gasteiger partial charge is 0.166 e. The fourth-order valence-electron chi connectivity index (χ4n) is 4.42. The maximum atomic E-state index is 4.72. The Labute approximate surface area is 183 Å². The van der Waals surface area contributed by atoms with Crippen LogP contribution in [0, 0.1) is 13.8 Å². The molecule has 0 amide bonds. The van der Waals surface area contributed by atoms with Gasteiger partial charge in [0.05, 0.1) is 11.8 Å². The number of imidazole rings is 1. The van der Waals surface area contributed by atoms with Crippen molar-refractivity contribution in [2.45, 2.75) is 26.9 Å². The minimum absolute atomic E-state index is 0.875. The predicted octanol–water partition coefficient (Wildman–Crippen LogP) is 3.03. The van der Waals surface area contributed by atoms with Crippen molar-refractivity contribution < 1.29 is 0 Å². The third-order valence-electron chi connectivity index (χ3n) is 6.11. The van der Waals surface area contributed by atoms with Crippen LogP contribution in [0.5, 0.6) is 0 Å². The summed E-state index contributed by atoms with van der Waals surface area (Å²) in [6.45, 7) is 11.5. The Balaban J connectivity index is 1.22. The summed E-state index contributed by atoms with van der Waals surface area (Å²) in [5.74, 6) is 0.940. The van der Waals surface area contributed by atoms with Crippen LogP contribution in [0.4, 0.5) is 0 Å². The number of hydrogen-bond donors (Lipinski definition) is 0. The van der Waals surface area contributed by atoms with Crippen molar-refractivity contribution in [3.63, 3.8) is 0 Å². The minimum atomic E-state index is 0.875. The van der Waals surface area contributed by atoms with Crippen molar-refractivity contribution in [2.75, 3.05) is 32.7 Å². The van der Waals surface area contributed by atoms with Crippen LogP contribution in [0.25, 0.3) is 17.0 Å². The fraction of sp³-hybridized carbons (Fsp3) is 0.375. The number of piperazine rings is 1. The summed E-state index contributed by atoms with van der Waals surface area (Å²) in [4.78, 5) is 14.4. The van der Waals surface area contributed by atoms with Gasteiger partial charge in [-0.15, -0.1) is 0 Å². The Bertz CT molecular complexity index is 1150. The molecule has 0 unspecified atom stereocenters. The predicted molar refractivity (Wildman–Crippen MR) is 122 cm³/mol. The van der Waals surface area contributed by atoms with Gasteiger partial charge in [0.15, 0.2) is 5.65 Å². The van der Waals surface area contributed by atoms with E-state index in [1.807, 2.05) is 29.9 Å². The van der Waals surface area contributed by atoms with Gasteiger partial charge in [-0.3, -0.25) is 9.80 Å². The summed E-state index contributed by atoms with van der Waals surface area (Å²) in [5, 5.41) is 4.53. The Hall–Kier alpha value is -3.03. The number of fused-ring (bicyclic) bond motifs is 1. The first-order valence-corrected chi connectivity index (χ1v) is 11.0. The maximum Gasteiger partial charge on any atom is 0.166 e. The van der Waals surface area contributed by atoms with Crippen LogP contribution < -0.4 is 0 Å². The van der Waals surface area contributed by atoms with Crippen molar-refractivity contribution in [3.8, 4) is 11.4 Å². The van der Waals surface area contributed by atoms with Crippen LogP contribution in [-0.4, -0.2) is 66.7 Å². The van der Waals surface area contributed by atoms with E-state index in [-0.39, 0.29) is 0 Å². The van der Waals surface area contributed by atoms with Crippen molar-refractivity contribution in [1.29, 1.82) is 0 Å². The van der Waals surface area contributed by atoms with Crippen LogP contribution in [-0.2, 0) is 13.1 Å². The second-order valence-electron chi connectivity index (χ2n) is 8.38. The molecule has 0 atom stereocenters. The molecule has 0 spiro atoms. The molecule has 0 saturated carbocycles. The summed E-state index contributed by atoms with van der Waals surface area (Å²) in [6, 6.07) is 12.8. The first kappa shape index (κ1) is 19.9. The highest BCUT2D eigenvalue weighted by molar-refractivity contribution is 5.72. The highest BCUT2D eigenvalue weighted by Gasteiger charge is 2.18. The molecular formula is C24H29N7. The highest BCUT2D eigenvalue weighted by atomic mass is 15.3. The summed E-state index contributed by atoms with van der Waals surface area (Å²) < 4.78 is 4.13. The second-order valence-corrected chi connectivity index (χ2v) is 8.38. The second kappa shape index (κ2) is 8.61. The van der Waals surface area contributed by atoms with Crippen molar-refractivity contribution in [2.24, 2.45) is 0 Å². The van der Waals surface area contributed by atoms with Crippen LogP contribution in [0.1, 0.15) is 17.0 Å². The lowest BCUT2D eigenvalue weighted by molar-refractivity contribution is 0.124. The van der Waals surface area contributed by atoms with Crippen LogP contribution >= 0.6 is 0 Å². The van der Waals surface area contributed by atoms with Gasteiger partial charge >= 0.3 is 0 Å². The fourth-order valence-corrected chi connectivity index (χ4v) is 4.42. The molecule has 1 aliphatic rings. The number of nitrogens with zero attached hydrogens (tertiary/aromatic N) is 7. The summed E-state index contributed by atoms with van der Waals surface area (Å²) in [6.07, 6.45) is 5.82. The summed E-state index contributed by atoms with van der Waals surface area (Å²) in [5.41, 5.74) is 5.34. The summed E-state index contributed by atoms with van der Waals surface area (Å²) in [7, 11) is 0. The molecule has 0 aliphatic carbocycles. The number of rotatable bonds is 6. The number of benzene rings is 1. The van der Waals surface area contributed by atoms with Gasteiger partial charge in [0.1, 0.15) is 5.82 Å². The number of aromatic nitrogens is 5.